The first kappa shape index (κ1) is 22.8. The molecule has 1 N–H and O–H groups in total. The van der Waals surface area contributed by atoms with E-state index in [1.807, 2.05) is 30.5 Å². The smallest absolute Gasteiger partial charge is 0.152 e. The van der Waals surface area contributed by atoms with Gasteiger partial charge in [-0.3, -0.25) is 4.98 Å². The van der Waals surface area contributed by atoms with Crippen LogP contribution >= 0.6 is 23.5 Å². The molecule has 1 aliphatic rings. The molecule has 34 heavy (non-hydrogen) atoms. The number of hydrogen-bond donors (Lipinski definition) is 1. The summed E-state index contributed by atoms with van der Waals surface area (Å²) in [5.41, 5.74) is 4.17. The number of fused-ring (bicyclic) bond motifs is 1. The van der Waals surface area contributed by atoms with Gasteiger partial charge in [0.15, 0.2) is 5.15 Å². The Hall–Kier alpha value is -2.94. The molecule has 0 spiro atoms. The maximum atomic E-state index is 13.2. The topological polar surface area (TPSA) is 63.2 Å². The summed E-state index contributed by atoms with van der Waals surface area (Å²) in [4.78, 5) is 16.9. The zero-order chi connectivity index (χ0) is 23.7. The molecule has 2 unspecified atom stereocenters. The lowest BCUT2D eigenvalue weighted by molar-refractivity contribution is -0.00546. The quantitative estimate of drug-likeness (QED) is 0.260. The summed E-state index contributed by atoms with van der Waals surface area (Å²) < 4.78 is 22.2. The summed E-state index contributed by atoms with van der Waals surface area (Å²) in [5.74, 6) is 0.574. The van der Waals surface area contributed by atoms with Gasteiger partial charge in [0, 0.05) is 29.7 Å². The molecule has 2 atom stereocenters. The first-order valence-corrected chi connectivity index (χ1v) is 12.2. The van der Waals surface area contributed by atoms with Gasteiger partial charge in [0.05, 0.1) is 35.1 Å². The van der Waals surface area contributed by atoms with Crippen LogP contribution in [-0.4, -0.2) is 40.2 Å². The van der Waals surface area contributed by atoms with E-state index in [1.54, 1.807) is 18.3 Å². The number of anilines is 2. The second-order valence-corrected chi connectivity index (χ2v) is 9.55. The predicted octanol–water partition coefficient (Wildman–Crippen LogP) is 6.22. The minimum atomic E-state index is -0.272. The molecule has 1 fully saturated rings. The fourth-order valence-corrected chi connectivity index (χ4v) is 4.85. The van der Waals surface area contributed by atoms with E-state index in [9.17, 15) is 4.39 Å². The fourth-order valence-electron chi connectivity index (χ4n) is 3.99. The number of halogens is 2. The summed E-state index contributed by atoms with van der Waals surface area (Å²) in [6, 6.07) is 14.2. The first-order valence-electron chi connectivity index (χ1n) is 11.0. The number of ether oxygens (including phenoxy) is 1. The van der Waals surface area contributed by atoms with Gasteiger partial charge in [-0.1, -0.05) is 17.7 Å². The molecule has 5 rings (SSSR count). The molecule has 4 aromatic rings. The number of nitrogens with zero attached hydrogens (tertiary/aromatic N) is 4. The molecule has 9 heteroatoms. The highest BCUT2D eigenvalue weighted by molar-refractivity contribution is 8.00. The molecule has 1 saturated heterocycles. The van der Waals surface area contributed by atoms with Crippen molar-refractivity contribution in [3.8, 4) is 11.1 Å². The van der Waals surface area contributed by atoms with E-state index < -0.39 is 0 Å². The molecule has 6 nitrogen and oxygen atoms in total. The van der Waals surface area contributed by atoms with Crippen molar-refractivity contribution >= 4 is 46.1 Å². The number of rotatable bonds is 5. The van der Waals surface area contributed by atoms with Crippen LogP contribution < -0.4 is 9.62 Å². The molecule has 174 valence electrons. The van der Waals surface area contributed by atoms with Gasteiger partial charge in [0.2, 0.25) is 0 Å². The average molecular weight is 496 g/mol. The molecule has 0 aliphatic carbocycles. The Bertz CT molecular complexity index is 1310. The van der Waals surface area contributed by atoms with Gasteiger partial charge in [-0.2, -0.15) is 0 Å². The van der Waals surface area contributed by atoms with E-state index in [0.717, 1.165) is 46.0 Å². The maximum Gasteiger partial charge on any atom is 0.152 e. The van der Waals surface area contributed by atoms with Crippen molar-refractivity contribution in [3.63, 3.8) is 0 Å². The molecule has 0 bridgehead atoms. The Morgan fingerprint density at radius 2 is 1.74 bits per heavy atom. The second kappa shape index (κ2) is 9.74. The van der Waals surface area contributed by atoms with Crippen LogP contribution in [0.4, 0.5) is 15.9 Å². The summed E-state index contributed by atoms with van der Waals surface area (Å²) >= 11 is 7.66. The summed E-state index contributed by atoms with van der Waals surface area (Å²) in [6.45, 7) is 5.71. The normalized spacial score (nSPS) is 18.3. The van der Waals surface area contributed by atoms with Crippen molar-refractivity contribution in [2.75, 3.05) is 22.7 Å². The zero-order valence-electron chi connectivity index (χ0n) is 18.7. The van der Waals surface area contributed by atoms with Crippen LogP contribution in [0.15, 0.2) is 65.8 Å². The first-order chi connectivity index (χ1) is 16.4. The second-order valence-electron chi connectivity index (χ2n) is 8.31. The van der Waals surface area contributed by atoms with Crippen LogP contribution in [0.25, 0.3) is 22.2 Å². The number of pyridine rings is 1. The zero-order valence-corrected chi connectivity index (χ0v) is 20.3. The van der Waals surface area contributed by atoms with E-state index in [2.05, 4.69) is 33.4 Å². The fraction of sp³-hybridized carbons (Fsp3) is 0.240. The van der Waals surface area contributed by atoms with Gasteiger partial charge in [-0.15, -0.1) is 0 Å². The Kier molecular flexibility index (Phi) is 6.54. The van der Waals surface area contributed by atoms with Crippen molar-refractivity contribution < 1.29 is 9.13 Å². The van der Waals surface area contributed by atoms with Gasteiger partial charge in [-0.25, -0.2) is 14.4 Å². The molecule has 1 aliphatic heterocycles. The van der Waals surface area contributed by atoms with E-state index in [0.29, 0.717) is 10.8 Å². The van der Waals surface area contributed by atoms with Crippen molar-refractivity contribution in [3.05, 3.63) is 71.9 Å². The Morgan fingerprint density at radius 3 is 2.50 bits per heavy atom. The van der Waals surface area contributed by atoms with Crippen LogP contribution in [0.3, 0.4) is 0 Å². The highest BCUT2D eigenvalue weighted by Crippen LogP contribution is 2.31. The Morgan fingerprint density at radius 1 is 0.971 bits per heavy atom. The number of aromatic nitrogens is 3. The minimum absolute atomic E-state index is 0.145. The summed E-state index contributed by atoms with van der Waals surface area (Å²) in [7, 11) is 0. The van der Waals surface area contributed by atoms with Crippen molar-refractivity contribution in [2.45, 2.75) is 31.0 Å². The highest BCUT2D eigenvalue weighted by Gasteiger charge is 2.23. The lowest BCUT2D eigenvalue weighted by Gasteiger charge is -2.35. The molecule has 2 aromatic carbocycles. The third-order valence-corrected chi connectivity index (χ3v) is 6.67. The van der Waals surface area contributed by atoms with Gasteiger partial charge in [0.25, 0.3) is 0 Å². The van der Waals surface area contributed by atoms with Crippen molar-refractivity contribution in [2.24, 2.45) is 0 Å². The summed E-state index contributed by atoms with van der Waals surface area (Å²) in [5, 5.41) is 0.358. The number of nitrogens with one attached hydrogen (secondary N) is 1. The maximum absolute atomic E-state index is 13.2. The van der Waals surface area contributed by atoms with Gasteiger partial charge >= 0.3 is 0 Å². The van der Waals surface area contributed by atoms with Crippen molar-refractivity contribution in [1.82, 2.24) is 15.0 Å². The standard InChI is InChI=1S/C25H23ClFN5OS/c1-15-13-32(14-16(2)33-15)24-12-28-21-8-3-17(9-22(21)30-24)18-10-23(25(26)29-11-18)31-34-20-6-4-19(27)5-7-20/h3-12,15-16,31H,13-14H2,1-2H3. The molecule has 0 saturated carbocycles. The SMILES string of the molecule is CC1CN(c2cnc3ccc(-c4cnc(Cl)c(NSc5ccc(F)cc5)c4)cc3n2)CC(C)O1. The number of hydrogen-bond acceptors (Lipinski definition) is 7. The van der Waals surface area contributed by atoms with Crippen LogP contribution in [-0.2, 0) is 4.74 Å². The van der Waals surface area contributed by atoms with Gasteiger partial charge in [0.1, 0.15) is 11.6 Å². The largest absolute Gasteiger partial charge is 0.372 e. The minimum Gasteiger partial charge on any atom is -0.372 e. The van der Waals surface area contributed by atoms with E-state index in [-0.39, 0.29) is 18.0 Å². The third-order valence-electron chi connectivity index (χ3n) is 5.54. The van der Waals surface area contributed by atoms with Crippen LogP contribution in [0.1, 0.15) is 13.8 Å². The molecule has 0 radical (unpaired) electrons. The Labute approximate surface area is 206 Å². The summed E-state index contributed by atoms with van der Waals surface area (Å²) in [6.07, 6.45) is 3.85. The van der Waals surface area contributed by atoms with Crippen LogP contribution in [0, 0.1) is 5.82 Å². The molecule has 3 heterocycles. The van der Waals surface area contributed by atoms with E-state index in [4.69, 9.17) is 21.3 Å². The Balaban J connectivity index is 1.40. The van der Waals surface area contributed by atoms with Gasteiger partial charge in [-0.05, 0) is 73.8 Å². The molecular formula is C25H23ClFN5OS. The average Bonchev–Trinajstić information content (AvgIpc) is 2.83. The lowest BCUT2D eigenvalue weighted by atomic mass is 10.1. The van der Waals surface area contributed by atoms with E-state index >= 15 is 0 Å². The highest BCUT2D eigenvalue weighted by atomic mass is 35.5. The number of benzene rings is 2. The third kappa shape index (κ3) is 5.09. The molecule has 2 aromatic heterocycles. The van der Waals surface area contributed by atoms with Crippen LogP contribution in [0.5, 0.6) is 0 Å². The van der Waals surface area contributed by atoms with Crippen molar-refractivity contribution in [1.29, 1.82) is 0 Å². The lowest BCUT2D eigenvalue weighted by Crippen LogP contribution is -2.45. The number of morpholine rings is 1. The van der Waals surface area contributed by atoms with Gasteiger partial charge < -0.3 is 14.4 Å². The monoisotopic (exact) mass is 495 g/mol. The molecule has 0 amide bonds. The predicted molar refractivity (Wildman–Crippen MR) is 136 cm³/mol. The van der Waals surface area contributed by atoms with E-state index in [1.165, 1.54) is 24.1 Å². The molecular weight excluding hydrogens is 473 g/mol. The van der Waals surface area contributed by atoms with Crippen LogP contribution in [0.2, 0.25) is 5.15 Å².